The van der Waals surface area contributed by atoms with E-state index in [9.17, 15) is 9.59 Å². The zero-order chi connectivity index (χ0) is 19.6. The molecule has 8 heteroatoms. The second kappa shape index (κ2) is 10.4. The molecular weight excluding hydrogens is 356 g/mol. The van der Waals surface area contributed by atoms with Crippen LogP contribution in [0.2, 0.25) is 0 Å². The number of rotatable bonds is 7. The molecule has 1 aromatic heterocycles. The normalized spacial score (nSPS) is 13.8. The van der Waals surface area contributed by atoms with Crippen molar-refractivity contribution in [2.24, 2.45) is 10.7 Å². The van der Waals surface area contributed by atoms with Gasteiger partial charge in [-0.15, -0.1) is 11.3 Å². The third-order valence-electron chi connectivity index (χ3n) is 2.68. The standard InChI is InChI=1S/C18H24N2O5S/c1-13(24-17(22)25-18(2,3)4)16(21)23-12-20-14(9-10-19)7-8-15-6-5-11-26-15/h5-11,13H,12,19H2,1-4H3/b8-7+,10-9-,20-14+. The fourth-order valence-electron chi connectivity index (χ4n) is 1.57. The Morgan fingerprint density at radius 1 is 1.35 bits per heavy atom. The minimum Gasteiger partial charge on any atom is -0.440 e. The number of nitrogens with zero attached hydrogens (tertiary/aromatic N) is 1. The largest absolute Gasteiger partial charge is 0.509 e. The van der Waals surface area contributed by atoms with E-state index in [4.69, 9.17) is 19.9 Å². The van der Waals surface area contributed by atoms with Gasteiger partial charge in [0.1, 0.15) is 5.60 Å². The molecule has 0 aliphatic heterocycles. The summed E-state index contributed by atoms with van der Waals surface area (Å²) in [6.07, 6.45) is 4.52. The summed E-state index contributed by atoms with van der Waals surface area (Å²) in [6.45, 7) is 6.26. The average Bonchev–Trinajstić information content (AvgIpc) is 3.03. The number of ether oxygens (including phenoxy) is 3. The molecule has 0 saturated heterocycles. The van der Waals surface area contributed by atoms with Gasteiger partial charge in [-0.2, -0.15) is 0 Å². The SMILES string of the molecule is CC(OC(=O)OC(C)(C)C)C(=O)OC/N=C(/C=C\N)\C=C\c1cccs1. The highest BCUT2D eigenvalue weighted by molar-refractivity contribution is 7.10. The van der Waals surface area contributed by atoms with Crippen LogP contribution in [0.15, 0.2) is 40.9 Å². The van der Waals surface area contributed by atoms with Crippen LogP contribution < -0.4 is 5.73 Å². The molecule has 0 amide bonds. The smallest absolute Gasteiger partial charge is 0.440 e. The van der Waals surface area contributed by atoms with E-state index in [0.717, 1.165) is 4.88 Å². The van der Waals surface area contributed by atoms with Gasteiger partial charge in [0.05, 0.1) is 5.71 Å². The van der Waals surface area contributed by atoms with Crippen molar-refractivity contribution in [3.63, 3.8) is 0 Å². The Morgan fingerprint density at radius 2 is 2.08 bits per heavy atom. The van der Waals surface area contributed by atoms with E-state index in [1.807, 2.05) is 23.6 Å². The Morgan fingerprint density at radius 3 is 2.65 bits per heavy atom. The Labute approximate surface area is 157 Å². The van der Waals surface area contributed by atoms with Gasteiger partial charge in [-0.05, 0) is 63.6 Å². The summed E-state index contributed by atoms with van der Waals surface area (Å²) in [5.41, 5.74) is 5.22. The Bertz CT molecular complexity index is 672. The molecular formula is C18H24N2O5S. The van der Waals surface area contributed by atoms with Crippen molar-refractivity contribution in [2.45, 2.75) is 39.4 Å². The van der Waals surface area contributed by atoms with Crippen LogP contribution in [0.1, 0.15) is 32.6 Å². The lowest BCUT2D eigenvalue weighted by Gasteiger charge is -2.20. The number of nitrogens with two attached hydrogens (primary N) is 1. The number of hydrogen-bond acceptors (Lipinski definition) is 8. The zero-order valence-corrected chi connectivity index (χ0v) is 16.1. The molecule has 26 heavy (non-hydrogen) atoms. The van der Waals surface area contributed by atoms with Gasteiger partial charge < -0.3 is 19.9 Å². The van der Waals surface area contributed by atoms with E-state index >= 15 is 0 Å². The van der Waals surface area contributed by atoms with E-state index in [1.54, 1.807) is 44.3 Å². The number of thiophene rings is 1. The quantitative estimate of drug-likeness (QED) is 0.574. The summed E-state index contributed by atoms with van der Waals surface area (Å²) in [5, 5.41) is 1.96. The molecule has 2 N–H and O–H groups in total. The van der Waals surface area contributed by atoms with Crippen molar-refractivity contribution in [2.75, 3.05) is 6.73 Å². The van der Waals surface area contributed by atoms with Crippen LogP contribution in [0.5, 0.6) is 0 Å². The maximum absolute atomic E-state index is 11.8. The molecule has 0 aromatic carbocycles. The van der Waals surface area contributed by atoms with Crippen molar-refractivity contribution in [1.82, 2.24) is 0 Å². The molecule has 0 aliphatic rings. The summed E-state index contributed by atoms with van der Waals surface area (Å²) in [4.78, 5) is 28.6. The van der Waals surface area contributed by atoms with Gasteiger partial charge in [0.15, 0.2) is 12.8 Å². The number of carbonyl (C=O) groups excluding carboxylic acids is 2. The van der Waals surface area contributed by atoms with Gasteiger partial charge >= 0.3 is 12.1 Å². The third-order valence-corrected chi connectivity index (χ3v) is 3.51. The molecule has 0 spiro atoms. The monoisotopic (exact) mass is 380 g/mol. The van der Waals surface area contributed by atoms with Gasteiger partial charge in [-0.3, -0.25) is 0 Å². The number of carbonyl (C=O) groups is 2. The summed E-state index contributed by atoms with van der Waals surface area (Å²) >= 11 is 1.58. The highest BCUT2D eigenvalue weighted by Gasteiger charge is 2.23. The molecule has 0 radical (unpaired) electrons. The predicted octanol–water partition coefficient (Wildman–Crippen LogP) is 3.52. The second-order valence-electron chi connectivity index (χ2n) is 6.11. The first-order valence-corrected chi connectivity index (χ1v) is 8.80. The van der Waals surface area contributed by atoms with Crippen molar-refractivity contribution >= 4 is 35.2 Å². The van der Waals surface area contributed by atoms with Crippen molar-refractivity contribution in [1.29, 1.82) is 0 Å². The lowest BCUT2D eigenvalue weighted by atomic mass is 10.2. The van der Waals surface area contributed by atoms with Crippen LogP contribution in [0.25, 0.3) is 6.08 Å². The third kappa shape index (κ3) is 9.03. The lowest BCUT2D eigenvalue weighted by molar-refractivity contribution is -0.154. The first kappa shape index (κ1) is 21.4. The van der Waals surface area contributed by atoms with Crippen molar-refractivity contribution in [3.8, 4) is 0 Å². The average molecular weight is 380 g/mol. The number of esters is 1. The first-order valence-electron chi connectivity index (χ1n) is 7.92. The molecule has 0 bridgehead atoms. The van der Waals surface area contributed by atoms with E-state index in [2.05, 4.69) is 4.99 Å². The fourth-order valence-corrected chi connectivity index (χ4v) is 2.19. The molecule has 0 fully saturated rings. The van der Waals surface area contributed by atoms with Crippen LogP contribution in [0.4, 0.5) is 4.79 Å². The molecule has 0 aliphatic carbocycles. The lowest BCUT2D eigenvalue weighted by Crippen LogP contribution is -2.31. The molecule has 1 atom stereocenters. The summed E-state index contributed by atoms with van der Waals surface area (Å²) in [7, 11) is 0. The van der Waals surface area contributed by atoms with Gasteiger partial charge in [-0.1, -0.05) is 6.07 Å². The van der Waals surface area contributed by atoms with Crippen LogP contribution in [-0.4, -0.2) is 36.3 Å². The van der Waals surface area contributed by atoms with Gasteiger partial charge in [-0.25, -0.2) is 14.6 Å². The number of aliphatic imine (C=N–C) groups is 1. The zero-order valence-electron chi connectivity index (χ0n) is 15.3. The van der Waals surface area contributed by atoms with Gasteiger partial charge in [0, 0.05) is 4.88 Å². The predicted molar refractivity (Wildman–Crippen MR) is 102 cm³/mol. The first-order chi connectivity index (χ1) is 12.2. The topological polar surface area (TPSA) is 100 Å². The summed E-state index contributed by atoms with van der Waals surface area (Å²) in [5.74, 6) is -0.724. The Balaban J connectivity index is 2.52. The van der Waals surface area contributed by atoms with Gasteiger partial charge in [0.2, 0.25) is 0 Å². The maximum Gasteiger partial charge on any atom is 0.509 e. The van der Waals surface area contributed by atoms with E-state index in [0.29, 0.717) is 5.71 Å². The second-order valence-corrected chi connectivity index (χ2v) is 7.09. The van der Waals surface area contributed by atoms with Crippen LogP contribution in [-0.2, 0) is 19.0 Å². The highest BCUT2D eigenvalue weighted by atomic mass is 32.1. The molecule has 1 heterocycles. The highest BCUT2D eigenvalue weighted by Crippen LogP contribution is 2.11. The van der Waals surface area contributed by atoms with E-state index in [1.165, 1.54) is 13.1 Å². The molecule has 7 nitrogen and oxygen atoms in total. The minimum absolute atomic E-state index is 0.227. The van der Waals surface area contributed by atoms with Gasteiger partial charge in [0.25, 0.3) is 0 Å². The van der Waals surface area contributed by atoms with E-state index < -0.39 is 23.8 Å². The Kier molecular flexibility index (Phi) is 8.57. The minimum atomic E-state index is -1.10. The molecule has 1 aromatic rings. The van der Waals surface area contributed by atoms with E-state index in [-0.39, 0.29) is 6.73 Å². The molecule has 1 rings (SSSR count). The fraction of sp³-hybridized carbons (Fsp3) is 0.389. The molecule has 1 unspecified atom stereocenters. The van der Waals surface area contributed by atoms with Crippen molar-refractivity contribution in [3.05, 3.63) is 40.7 Å². The maximum atomic E-state index is 11.8. The van der Waals surface area contributed by atoms with Crippen molar-refractivity contribution < 1.29 is 23.8 Å². The number of hydrogen-bond donors (Lipinski definition) is 1. The molecule has 142 valence electrons. The number of allylic oxidation sites excluding steroid dienone is 2. The van der Waals surface area contributed by atoms with Crippen LogP contribution >= 0.6 is 11.3 Å². The summed E-state index contributed by atoms with van der Waals surface area (Å²) in [6, 6.07) is 3.90. The van der Waals surface area contributed by atoms with Crippen LogP contribution in [0.3, 0.4) is 0 Å². The summed E-state index contributed by atoms with van der Waals surface area (Å²) < 4.78 is 14.8. The van der Waals surface area contributed by atoms with Crippen LogP contribution in [0, 0.1) is 0 Å². The molecule has 0 saturated carbocycles. The Hall–Kier alpha value is -2.61.